The zero-order valence-corrected chi connectivity index (χ0v) is 10.4. The van der Waals surface area contributed by atoms with Crippen LogP contribution in [0.1, 0.15) is 25.3 Å². The third-order valence-electron chi connectivity index (χ3n) is 3.15. The van der Waals surface area contributed by atoms with Crippen molar-refractivity contribution in [2.75, 3.05) is 7.11 Å². The normalized spacial score (nSPS) is 16.2. The Morgan fingerprint density at radius 1 is 1.44 bits per heavy atom. The molecule has 0 unspecified atom stereocenters. The van der Waals surface area contributed by atoms with Crippen LogP contribution in [0.15, 0.2) is 23.8 Å². The summed E-state index contributed by atoms with van der Waals surface area (Å²) in [5, 5.41) is 9.41. The van der Waals surface area contributed by atoms with Crippen molar-refractivity contribution in [2.45, 2.75) is 19.8 Å². The van der Waals surface area contributed by atoms with Crippen LogP contribution in [-0.2, 0) is 9.53 Å². The van der Waals surface area contributed by atoms with Crippen molar-refractivity contribution in [3.63, 3.8) is 0 Å². The fraction of sp³-hybridized carbons (Fsp3) is 0.357. The Labute approximate surface area is 105 Å². The highest BCUT2D eigenvalue weighted by Crippen LogP contribution is 2.45. The van der Waals surface area contributed by atoms with Crippen LogP contribution in [0, 0.1) is 11.7 Å². The third kappa shape index (κ3) is 2.23. The molecule has 1 aliphatic rings. The molecule has 2 rings (SSSR count). The Morgan fingerprint density at radius 3 is 2.67 bits per heavy atom. The topological polar surface area (TPSA) is 46.5 Å². The number of benzene rings is 1. The summed E-state index contributed by atoms with van der Waals surface area (Å²) in [6, 6.07) is 4.44. The van der Waals surface area contributed by atoms with Crippen LogP contribution in [0.4, 0.5) is 4.39 Å². The van der Waals surface area contributed by atoms with Gasteiger partial charge in [0, 0.05) is 11.1 Å². The van der Waals surface area contributed by atoms with Gasteiger partial charge in [-0.2, -0.15) is 0 Å². The van der Waals surface area contributed by atoms with Crippen molar-refractivity contribution in [3.8, 4) is 5.75 Å². The molecule has 1 aliphatic carbocycles. The number of carbonyl (C=O) groups is 1. The first-order valence-corrected chi connectivity index (χ1v) is 5.83. The second kappa shape index (κ2) is 4.80. The number of allylic oxidation sites excluding steroid dienone is 1. The van der Waals surface area contributed by atoms with E-state index in [9.17, 15) is 14.3 Å². The average Bonchev–Trinajstić information content (AvgIpc) is 3.18. The van der Waals surface area contributed by atoms with Crippen LogP contribution in [-0.4, -0.2) is 18.2 Å². The fourth-order valence-corrected chi connectivity index (χ4v) is 2.09. The molecule has 0 aromatic heterocycles. The number of rotatable bonds is 3. The summed E-state index contributed by atoms with van der Waals surface area (Å²) in [7, 11) is 1.30. The van der Waals surface area contributed by atoms with Crippen LogP contribution in [0.5, 0.6) is 5.75 Å². The lowest BCUT2D eigenvalue weighted by molar-refractivity contribution is -0.135. The molecular formula is C14H15FO3. The molecule has 0 atom stereocenters. The van der Waals surface area contributed by atoms with E-state index in [0.29, 0.717) is 16.7 Å². The van der Waals surface area contributed by atoms with Gasteiger partial charge in [-0.25, -0.2) is 9.18 Å². The quantitative estimate of drug-likeness (QED) is 0.662. The number of ether oxygens (including phenoxy) is 1. The highest BCUT2D eigenvalue weighted by atomic mass is 19.1. The van der Waals surface area contributed by atoms with E-state index in [1.165, 1.54) is 13.2 Å². The van der Waals surface area contributed by atoms with Crippen molar-refractivity contribution >= 4 is 11.5 Å². The van der Waals surface area contributed by atoms with Crippen molar-refractivity contribution in [1.82, 2.24) is 0 Å². The van der Waals surface area contributed by atoms with Crippen LogP contribution in [0.3, 0.4) is 0 Å². The smallest absolute Gasteiger partial charge is 0.333 e. The van der Waals surface area contributed by atoms with Crippen LogP contribution < -0.4 is 0 Å². The van der Waals surface area contributed by atoms with Gasteiger partial charge in [-0.15, -0.1) is 0 Å². The summed E-state index contributed by atoms with van der Waals surface area (Å²) in [4.78, 5) is 11.6. The lowest BCUT2D eigenvalue weighted by atomic mass is 9.95. The number of esters is 1. The maximum atomic E-state index is 13.9. The second-order valence-electron chi connectivity index (χ2n) is 4.44. The van der Waals surface area contributed by atoms with Crippen LogP contribution in [0.25, 0.3) is 5.57 Å². The molecule has 18 heavy (non-hydrogen) atoms. The van der Waals surface area contributed by atoms with E-state index in [4.69, 9.17) is 0 Å². The molecule has 0 radical (unpaired) electrons. The Kier molecular flexibility index (Phi) is 3.36. The third-order valence-corrected chi connectivity index (χ3v) is 3.15. The molecule has 0 saturated heterocycles. The maximum Gasteiger partial charge on any atom is 0.333 e. The van der Waals surface area contributed by atoms with Crippen molar-refractivity contribution in [1.29, 1.82) is 0 Å². The number of methoxy groups -OCH3 is 1. The molecule has 4 heteroatoms. The first-order chi connectivity index (χ1) is 8.56. The highest BCUT2D eigenvalue weighted by molar-refractivity contribution is 5.98. The van der Waals surface area contributed by atoms with Gasteiger partial charge in [0.1, 0.15) is 0 Å². The van der Waals surface area contributed by atoms with E-state index in [0.717, 1.165) is 12.8 Å². The predicted octanol–water partition coefficient (Wildman–Crippen LogP) is 2.89. The molecule has 1 saturated carbocycles. The minimum atomic E-state index is -0.678. The molecule has 1 N–H and O–H groups in total. The van der Waals surface area contributed by atoms with Gasteiger partial charge in [-0.05, 0) is 37.3 Å². The first kappa shape index (κ1) is 12.6. The zero-order chi connectivity index (χ0) is 13.3. The highest BCUT2D eigenvalue weighted by Gasteiger charge is 2.32. The SMILES string of the molecule is COC(=O)C(C)=C(c1cccc(O)c1F)C1CC1. The average molecular weight is 250 g/mol. The van der Waals surface area contributed by atoms with E-state index >= 15 is 0 Å². The second-order valence-corrected chi connectivity index (χ2v) is 4.44. The van der Waals surface area contributed by atoms with Gasteiger partial charge in [0.05, 0.1) is 7.11 Å². The van der Waals surface area contributed by atoms with Gasteiger partial charge in [-0.3, -0.25) is 0 Å². The number of aromatic hydroxyl groups is 1. The largest absolute Gasteiger partial charge is 0.505 e. The van der Waals surface area contributed by atoms with E-state index in [-0.39, 0.29) is 5.92 Å². The molecule has 0 bridgehead atoms. The number of hydrogen-bond donors (Lipinski definition) is 1. The van der Waals surface area contributed by atoms with Crippen LogP contribution >= 0.6 is 0 Å². The zero-order valence-electron chi connectivity index (χ0n) is 10.4. The van der Waals surface area contributed by atoms with Gasteiger partial charge in [0.2, 0.25) is 0 Å². The number of phenolic OH excluding ortho intramolecular Hbond substituents is 1. The molecule has 1 fully saturated rings. The molecule has 0 spiro atoms. The maximum absolute atomic E-state index is 13.9. The number of hydrogen-bond acceptors (Lipinski definition) is 3. The monoisotopic (exact) mass is 250 g/mol. The summed E-state index contributed by atoms with van der Waals surface area (Å²) in [6.07, 6.45) is 1.86. The minimum absolute atomic E-state index is 0.181. The number of phenols is 1. The molecule has 1 aromatic carbocycles. The molecule has 0 amide bonds. The minimum Gasteiger partial charge on any atom is -0.505 e. The summed E-state index contributed by atoms with van der Waals surface area (Å²) >= 11 is 0. The molecule has 0 heterocycles. The molecule has 0 aliphatic heterocycles. The first-order valence-electron chi connectivity index (χ1n) is 5.83. The predicted molar refractivity (Wildman–Crippen MR) is 65.4 cm³/mol. The van der Waals surface area contributed by atoms with Crippen molar-refractivity contribution in [2.24, 2.45) is 5.92 Å². The number of halogens is 1. The van der Waals surface area contributed by atoms with Gasteiger partial charge >= 0.3 is 5.97 Å². The molecule has 96 valence electrons. The molecule has 1 aromatic rings. The summed E-state index contributed by atoms with van der Waals surface area (Å²) in [5.41, 5.74) is 1.35. The van der Waals surface area contributed by atoms with E-state index in [1.54, 1.807) is 19.1 Å². The summed E-state index contributed by atoms with van der Waals surface area (Å²) < 4.78 is 18.6. The fourth-order valence-electron chi connectivity index (χ4n) is 2.09. The van der Waals surface area contributed by atoms with Crippen LogP contribution in [0.2, 0.25) is 0 Å². The standard InChI is InChI=1S/C14H15FO3/c1-8(14(17)18-2)12(9-6-7-9)10-4-3-5-11(16)13(10)15/h3-5,9,16H,6-7H2,1-2H3. The Balaban J connectivity index is 2.55. The lowest BCUT2D eigenvalue weighted by Crippen LogP contribution is -2.07. The Hall–Kier alpha value is -1.84. The number of carbonyl (C=O) groups excluding carboxylic acids is 1. The van der Waals surface area contributed by atoms with Crippen molar-refractivity contribution < 1.29 is 19.0 Å². The van der Waals surface area contributed by atoms with Crippen molar-refractivity contribution in [3.05, 3.63) is 35.2 Å². The lowest BCUT2D eigenvalue weighted by Gasteiger charge is -2.12. The Morgan fingerprint density at radius 2 is 2.11 bits per heavy atom. The van der Waals surface area contributed by atoms with E-state index in [1.807, 2.05) is 0 Å². The molecular weight excluding hydrogens is 235 g/mol. The van der Waals surface area contributed by atoms with E-state index < -0.39 is 17.5 Å². The summed E-state index contributed by atoms with van der Waals surface area (Å²) in [5.74, 6) is -1.36. The van der Waals surface area contributed by atoms with Gasteiger partial charge in [0.15, 0.2) is 11.6 Å². The van der Waals surface area contributed by atoms with E-state index in [2.05, 4.69) is 4.74 Å². The Bertz CT molecular complexity index is 516. The summed E-state index contributed by atoms with van der Waals surface area (Å²) in [6.45, 7) is 1.63. The molecule has 3 nitrogen and oxygen atoms in total. The van der Waals surface area contributed by atoms with Gasteiger partial charge in [0.25, 0.3) is 0 Å². The van der Waals surface area contributed by atoms with Gasteiger partial charge < -0.3 is 9.84 Å². The van der Waals surface area contributed by atoms with Gasteiger partial charge in [-0.1, -0.05) is 12.1 Å².